The van der Waals surface area contributed by atoms with Crippen molar-refractivity contribution in [1.82, 2.24) is 0 Å². The van der Waals surface area contributed by atoms with Crippen LogP contribution in [0.3, 0.4) is 0 Å². The van der Waals surface area contributed by atoms with Gasteiger partial charge in [0.1, 0.15) is 0 Å². The summed E-state index contributed by atoms with van der Waals surface area (Å²) in [6, 6.07) is 2.97. The summed E-state index contributed by atoms with van der Waals surface area (Å²) in [5.41, 5.74) is 0.123. The van der Waals surface area contributed by atoms with Gasteiger partial charge in [0.25, 0.3) is 0 Å². The molecule has 0 bridgehead atoms. The Morgan fingerprint density at radius 1 is 1.53 bits per heavy atom. The van der Waals surface area contributed by atoms with E-state index in [1.165, 1.54) is 19.2 Å². The molecule has 1 rings (SSSR count). The van der Waals surface area contributed by atoms with Crippen molar-refractivity contribution in [3.05, 3.63) is 28.5 Å². The van der Waals surface area contributed by atoms with Gasteiger partial charge in [-0.1, -0.05) is 24.9 Å². The van der Waals surface area contributed by atoms with E-state index in [9.17, 15) is 9.50 Å². The molecule has 1 atom stereocenters. The minimum atomic E-state index is -0.877. The van der Waals surface area contributed by atoms with Crippen LogP contribution in [-0.2, 0) is 0 Å². The van der Waals surface area contributed by atoms with Crippen LogP contribution < -0.4 is 4.74 Å². The van der Waals surface area contributed by atoms with Crippen molar-refractivity contribution in [3.8, 4) is 5.75 Å². The van der Waals surface area contributed by atoms with Gasteiger partial charge >= 0.3 is 0 Å². The van der Waals surface area contributed by atoms with Crippen LogP contribution in [0.1, 0.15) is 31.4 Å². The lowest BCUT2D eigenvalue weighted by atomic mass is 10.0. The predicted octanol–water partition coefficient (Wildman–Crippen LogP) is 3.32. The number of halogens is 2. The smallest absolute Gasteiger partial charge is 0.172 e. The zero-order chi connectivity index (χ0) is 11.4. The van der Waals surface area contributed by atoms with E-state index in [2.05, 4.69) is 0 Å². The molecule has 0 heterocycles. The normalized spacial score (nSPS) is 12.6. The van der Waals surface area contributed by atoms with Crippen LogP contribution >= 0.6 is 11.6 Å². The molecular weight excluding hydrogens is 219 g/mol. The number of benzene rings is 1. The van der Waals surface area contributed by atoms with Crippen molar-refractivity contribution >= 4 is 11.6 Å². The molecule has 0 saturated heterocycles. The molecule has 0 aliphatic carbocycles. The third-order valence-corrected chi connectivity index (χ3v) is 2.54. The number of rotatable bonds is 4. The van der Waals surface area contributed by atoms with E-state index >= 15 is 0 Å². The van der Waals surface area contributed by atoms with Crippen molar-refractivity contribution in [3.63, 3.8) is 0 Å². The fourth-order valence-electron chi connectivity index (χ4n) is 1.43. The Bertz CT molecular complexity index is 342. The third kappa shape index (κ3) is 2.61. The van der Waals surface area contributed by atoms with Crippen molar-refractivity contribution in [2.24, 2.45) is 0 Å². The monoisotopic (exact) mass is 232 g/mol. The van der Waals surface area contributed by atoms with Crippen LogP contribution in [0.15, 0.2) is 12.1 Å². The van der Waals surface area contributed by atoms with Gasteiger partial charge in [-0.05, 0) is 18.6 Å². The molecule has 2 nitrogen and oxygen atoms in total. The highest BCUT2D eigenvalue weighted by atomic mass is 35.5. The lowest BCUT2D eigenvalue weighted by molar-refractivity contribution is 0.161. The van der Waals surface area contributed by atoms with Crippen molar-refractivity contribution in [2.45, 2.75) is 25.9 Å². The summed E-state index contributed by atoms with van der Waals surface area (Å²) in [5.74, 6) is -0.476. The van der Waals surface area contributed by atoms with Gasteiger partial charge in [0, 0.05) is 10.6 Å². The number of ether oxygens (including phenoxy) is 1. The maximum atomic E-state index is 13.7. The SMILES string of the molecule is CCCC(O)c1c(Cl)ccc(OC)c1F. The van der Waals surface area contributed by atoms with Crippen LogP contribution in [0, 0.1) is 5.82 Å². The molecule has 1 aromatic carbocycles. The van der Waals surface area contributed by atoms with E-state index in [0.717, 1.165) is 6.42 Å². The van der Waals surface area contributed by atoms with Gasteiger partial charge in [0.2, 0.25) is 0 Å². The number of aliphatic hydroxyl groups is 1. The Kier molecular flexibility index (Phi) is 4.36. The second-order valence-corrected chi connectivity index (χ2v) is 3.69. The van der Waals surface area contributed by atoms with Gasteiger partial charge in [-0.25, -0.2) is 4.39 Å². The minimum absolute atomic E-state index is 0.101. The summed E-state index contributed by atoms with van der Waals surface area (Å²) in [4.78, 5) is 0. The first-order chi connectivity index (χ1) is 7.11. The number of methoxy groups -OCH3 is 1. The lowest BCUT2D eigenvalue weighted by Crippen LogP contribution is -2.03. The zero-order valence-corrected chi connectivity index (χ0v) is 9.51. The Morgan fingerprint density at radius 3 is 2.73 bits per heavy atom. The van der Waals surface area contributed by atoms with Crippen molar-refractivity contribution in [1.29, 1.82) is 0 Å². The van der Waals surface area contributed by atoms with Gasteiger partial charge in [0.05, 0.1) is 13.2 Å². The Hall–Kier alpha value is -0.800. The second kappa shape index (κ2) is 5.33. The van der Waals surface area contributed by atoms with Gasteiger partial charge in [-0.15, -0.1) is 0 Å². The molecule has 0 fully saturated rings. The quantitative estimate of drug-likeness (QED) is 0.863. The lowest BCUT2D eigenvalue weighted by Gasteiger charge is -2.14. The van der Waals surface area contributed by atoms with E-state index in [-0.39, 0.29) is 16.3 Å². The Morgan fingerprint density at radius 2 is 2.20 bits per heavy atom. The third-order valence-electron chi connectivity index (χ3n) is 2.21. The molecule has 1 unspecified atom stereocenters. The highest BCUT2D eigenvalue weighted by Gasteiger charge is 2.19. The summed E-state index contributed by atoms with van der Waals surface area (Å²) in [6.45, 7) is 1.91. The van der Waals surface area contributed by atoms with Crippen molar-refractivity contribution in [2.75, 3.05) is 7.11 Å². The molecular formula is C11H14ClFO2. The Labute approximate surface area is 93.6 Å². The fourth-order valence-corrected chi connectivity index (χ4v) is 1.70. The number of hydrogen-bond acceptors (Lipinski definition) is 2. The first kappa shape index (κ1) is 12.3. The van der Waals surface area contributed by atoms with Gasteiger partial charge in [-0.2, -0.15) is 0 Å². The van der Waals surface area contributed by atoms with E-state index in [1.54, 1.807) is 0 Å². The summed E-state index contributed by atoms with van der Waals surface area (Å²) in [6.07, 6.45) is 0.357. The Balaban J connectivity index is 3.14. The average molecular weight is 233 g/mol. The van der Waals surface area contributed by atoms with Gasteiger partial charge in [-0.3, -0.25) is 0 Å². The van der Waals surface area contributed by atoms with Crippen LogP contribution in [0.25, 0.3) is 0 Å². The molecule has 0 aromatic heterocycles. The van der Waals surface area contributed by atoms with Crippen LogP contribution in [0.5, 0.6) is 5.75 Å². The topological polar surface area (TPSA) is 29.5 Å². The molecule has 0 spiro atoms. The number of aliphatic hydroxyl groups excluding tert-OH is 1. The molecule has 1 N–H and O–H groups in total. The first-order valence-electron chi connectivity index (χ1n) is 4.81. The van der Waals surface area contributed by atoms with Crippen LogP contribution in [0.2, 0.25) is 5.02 Å². The molecule has 0 aliphatic rings. The van der Waals surface area contributed by atoms with E-state index in [1.807, 2.05) is 6.92 Å². The molecule has 84 valence electrons. The molecule has 0 aliphatic heterocycles. The van der Waals surface area contributed by atoms with E-state index in [4.69, 9.17) is 16.3 Å². The molecule has 0 radical (unpaired) electrons. The average Bonchev–Trinajstić information content (AvgIpc) is 2.18. The molecule has 0 saturated carbocycles. The van der Waals surface area contributed by atoms with Crippen LogP contribution in [-0.4, -0.2) is 12.2 Å². The second-order valence-electron chi connectivity index (χ2n) is 3.28. The summed E-state index contributed by atoms with van der Waals surface area (Å²) >= 11 is 5.83. The highest BCUT2D eigenvalue weighted by molar-refractivity contribution is 6.31. The molecule has 0 amide bonds. The van der Waals surface area contributed by atoms with Gasteiger partial charge in [0.15, 0.2) is 11.6 Å². The van der Waals surface area contributed by atoms with Gasteiger partial charge < -0.3 is 9.84 Å². The minimum Gasteiger partial charge on any atom is -0.494 e. The van der Waals surface area contributed by atoms with Crippen molar-refractivity contribution < 1.29 is 14.2 Å². The van der Waals surface area contributed by atoms with Crippen LogP contribution in [0.4, 0.5) is 4.39 Å². The summed E-state index contributed by atoms with van der Waals surface area (Å²) in [5, 5.41) is 9.95. The molecule has 15 heavy (non-hydrogen) atoms. The maximum Gasteiger partial charge on any atom is 0.172 e. The predicted molar refractivity (Wildman–Crippen MR) is 57.8 cm³/mol. The first-order valence-corrected chi connectivity index (χ1v) is 5.19. The summed E-state index contributed by atoms with van der Waals surface area (Å²) in [7, 11) is 1.38. The highest BCUT2D eigenvalue weighted by Crippen LogP contribution is 2.33. The molecule has 1 aromatic rings. The maximum absolute atomic E-state index is 13.7. The van der Waals surface area contributed by atoms with E-state index < -0.39 is 11.9 Å². The fraction of sp³-hybridized carbons (Fsp3) is 0.455. The molecule has 4 heteroatoms. The zero-order valence-electron chi connectivity index (χ0n) is 8.76. The standard InChI is InChI=1S/C11H14ClFO2/c1-3-4-8(14)10-7(12)5-6-9(15-2)11(10)13/h5-6,8,14H,3-4H2,1-2H3. The summed E-state index contributed by atoms with van der Waals surface area (Å²) < 4.78 is 18.6. The van der Waals surface area contributed by atoms with E-state index in [0.29, 0.717) is 6.42 Å². The largest absolute Gasteiger partial charge is 0.494 e. The number of hydrogen-bond donors (Lipinski definition) is 1.